The summed E-state index contributed by atoms with van der Waals surface area (Å²) < 4.78 is 11.2. The molecule has 0 saturated carbocycles. The number of nitrogens with one attached hydrogen (secondary N) is 3. The molecule has 1 aromatic rings. The number of benzene rings is 1. The topological polar surface area (TPSA) is 87.2 Å². The highest BCUT2D eigenvalue weighted by atomic mass is 127. The summed E-state index contributed by atoms with van der Waals surface area (Å²) in [7, 11) is 1.74. The van der Waals surface area contributed by atoms with Gasteiger partial charge in [0.2, 0.25) is 0 Å². The van der Waals surface area contributed by atoms with Gasteiger partial charge in [0.15, 0.2) is 5.96 Å². The first kappa shape index (κ1) is 30.2. The number of carbonyl (C=O) groups is 1. The first-order valence-electron chi connectivity index (χ1n) is 11.1. The minimum Gasteiger partial charge on any atom is -0.492 e. The fourth-order valence-electron chi connectivity index (χ4n) is 2.81. The quantitative estimate of drug-likeness (QED) is 0.156. The lowest BCUT2D eigenvalue weighted by atomic mass is 10.2. The summed E-state index contributed by atoms with van der Waals surface area (Å²) in [5, 5.41) is 9.32. The molecule has 0 radical (unpaired) electrons. The van der Waals surface area contributed by atoms with Gasteiger partial charge in [-0.3, -0.25) is 4.99 Å². The van der Waals surface area contributed by atoms with Crippen LogP contribution in [0, 0.1) is 0 Å². The van der Waals surface area contributed by atoms with Crippen molar-refractivity contribution in [2.75, 3.05) is 46.4 Å². The lowest BCUT2D eigenvalue weighted by Crippen LogP contribution is -2.39. The van der Waals surface area contributed by atoms with Crippen LogP contribution in [0.25, 0.3) is 0 Å². The Morgan fingerprint density at radius 3 is 2.34 bits per heavy atom. The number of carbonyl (C=O) groups excluding carboxylic acids is 1. The van der Waals surface area contributed by atoms with Crippen LogP contribution in [0.1, 0.15) is 46.6 Å². The molecule has 0 aromatic heterocycles. The molecule has 0 aliphatic carbocycles. The molecule has 0 bridgehead atoms. The number of rotatable bonds is 12. The molecule has 0 fully saturated rings. The highest BCUT2D eigenvalue weighted by Gasteiger charge is 2.15. The standard InChI is InChI=1S/C23H41N5O3.HI/c1-7-28(8-2)16-17-30-20-13-10-9-12-19(20)18-27-21(24-6)25-14-11-15-26-22(29)31-23(3,4)5;/h9-10,12-13H,7-8,11,14-18H2,1-6H3,(H,26,29)(H2,24,25,27);1H. The van der Waals surface area contributed by atoms with E-state index in [1.54, 1.807) is 7.05 Å². The zero-order valence-corrected chi connectivity index (χ0v) is 22.8. The van der Waals surface area contributed by atoms with E-state index in [0.717, 1.165) is 37.4 Å². The molecule has 0 spiro atoms. The van der Waals surface area contributed by atoms with E-state index in [2.05, 4.69) is 45.8 Å². The largest absolute Gasteiger partial charge is 0.492 e. The summed E-state index contributed by atoms with van der Waals surface area (Å²) in [5.41, 5.74) is 0.594. The van der Waals surface area contributed by atoms with Crippen molar-refractivity contribution in [2.24, 2.45) is 4.99 Å². The van der Waals surface area contributed by atoms with Crippen molar-refractivity contribution >= 4 is 36.0 Å². The zero-order chi connectivity index (χ0) is 23.1. The van der Waals surface area contributed by atoms with Crippen molar-refractivity contribution in [1.29, 1.82) is 0 Å². The molecule has 184 valence electrons. The van der Waals surface area contributed by atoms with Gasteiger partial charge in [-0.25, -0.2) is 4.79 Å². The second kappa shape index (κ2) is 16.8. The van der Waals surface area contributed by atoms with E-state index in [4.69, 9.17) is 9.47 Å². The fraction of sp³-hybridized carbons (Fsp3) is 0.652. The molecule has 1 rings (SSSR count). The molecule has 0 aliphatic rings. The number of aliphatic imine (C=N–C) groups is 1. The predicted octanol–water partition coefficient (Wildman–Crippen LogP) is 3.61. The Balaban J connectivity index is 0.00000961. The summed E-state index contributed by atoms with van der Waals surface area (Å²) in [6.45, 7) is 15.3. The van der Waals surface area contributed by atoms with Gasteiger partial charge in [-0.1, -0.05) is 32.0 Å². The predicted molar refractivity (Wildman–Crippen MR) is 142 cm³/mol. The summed E-state index contributed by atoms with van der Waals surface area (Å²) in [6.07, 6.45) is 0.359. The molecule has 0 heterocycles. The number of ether oxygens (including phenoxy) is 2. The van der Waals surface area contributed by atoms with Gasteiger partial charge < -0.3 is 30.3 Å². The number of hydrogen-bond donors (Lipinski definition) is 3. The zero-order valence-electron chi connectivity index (χ0n) is 20.5. The summed E-state index contributed by atoms with van der Waals surface area (Å²) >= 11 is 0. The molecule has 32 heavy (non-hydrogen) atoms. The number of amides is 1. The smallest absolute Gasteiger partial charge is 0.407 e. The Kier molecular flexibility index (Phi) is 15.9. The first-order chi connectivity index (χ1) is 14.8. The average molecular weight is 564 g/mol. The van der Waals surface area contributed by atoms with Gasteiger partial charge in [0.05, 0.1) is 0 Å². The van der Waals surface area contributed by atoms with Crippen molar-refractivity contribution in [3.05, 3.63) is 29.8 Å². The minimum absolute atomic E-state index is 0. The van der Waals surface area contributed by atoms with Crippen LogP contribution in [-0.2, 0) is 11.3 Å². The van der Waals surface area contributed by atoms with E-state index in [9.17, 15) is 4.79 Å². The van der Waals surface area contributed by atoms with Gasteiger partial charge >= 0.3 is 6.09 Å². The molecule has 1 amide bonds. The van der Waals surface area contributed by atoms with Crippen molar-refractivity contribution in [3.8, 4) is 5.75 Å². The van der Waals surface area contributed by atoms with E-state index >= 15 is 0 Å². The SMILES string of the molecule is CCN(CC)CCOc1ccccc1CNC(=NC)NCCCNC(=O)OC(C)(C)C.I. The van der Waals surface area contributed by atoms with Gasteiger partial charge in [-0.05, 0) is 46.3 Å². The Morgan fingerprint density at radius 2 is 1.72 bits per heavy atom. The Bertz CT molecular complexity index is 676. The number of hydrogen-bond acceptors (Lipinski definition) is 5. The number of guanidine groups is 1. The van der Waals surface area contributed by atoms with E-state index < -0.39 is 11.7 Å². The van der Waals surface area contributed by atoms with Crippen LogP contribution >= 0.6 is 24.0 Å². The van der Waals surface area contributed by atoms with Crippen molar-refractivity contribution in [3.63, 3.8) is 0 Å². The molecular weight excluding hydrogens is 521 g/mol. The average Bonchev–Trinajstić information content (AvgIpc) is 2.72. The normalized spacial score (nSPS) is 11.5. The lowest BCUT2D eigenvalue weighted by Gasteiger charge is -2.20. The third-order valence-corrected chi connectivity index (χ3v) is 4.52. The Labute approximate surface area is 210 Å². The Morgan fingerprint density at radius 1 is 1.06 bits per heavy atom. The maximum atomic E-state index is 11.6. The van der Waals surface area contributed by atoms with E-state index in [0.29, 0.717) is 32.2 Å². The minimum atomic E-state index is -0.486. The van der Waals surface area contributed by atoms with Crippen LogP contribution in [0.3, 0.4) is 0 Å². The highest BCUT2D eigenvalue weighted by Crippen LogP contribution is 2.17. The molecule has 0 unspecified atom stereocenters. The fourth-order valence-corrected chi connectivity index (χ4v) is 2.81. The molecule has 8 nitrogen and oxygen atoms in total. The lowest BCUT2D eigenvalue weighted by molar-refractivity contribution is 0.0527. The van der Waals surface area contributed by atoms with Gasteiger partial charge in [0, 0.05) is 38.8 Å². The summed E-state index contributed by atoms with van der Waals surface area (Å²) in [4.78, 5) is 18.2. The van der Waals surface area contributed by atoms with Crippen LogP contribution in [-0.4, -0.2) is 68.9 Å². The number of alkyl carbamates (subject to hydrolysis) is 1. The molecule has 0 atom stereocenters. The second-order valence-electron chi connectivity index (χ2n) is 8.12. The number of halogens is 1. The highest BCUT2D eigenvalue weighted by molar-refractivity contribution is 14.0. The Hall–Kier alpha value is -1.75. The monoisotopic (exact) mass is 563 g/mol. The molecule has 9 heteroatoms. The maximum absolute atomic E-state index is 11.6. The summed E-state index contributed by atoms with van der Waals surface area (Å²) in [6, 6.07) is 8.04. The van der Waals surface area contributed by atoms with Crippen molar-refractivity contribution in [1.82, 2.24) is 20.9 Å². The van der Waals surface area contributed by atoms with Crippen LogP contribution < -0.4 is 20.7 Å². The molecule has 3 N–H and O–H groups in total. The van der Waals surface area contributed by atoms with Gasteiger partial charge in [0.25, 0.3) is 0 Å². The molecule has 1 aromatic carbocycles. The summed E-state index contributed by atoms with van der Waals surface area (Å²) in [5.74, 6) is 1.59. The van der Waals surface area contributed by atoms with Crippen LogP contribution in [0.4, 0.5) is 4.79 Å². The maximum Gasteiger partial charge on any atom is 0.407 e. The van der Waals surface area contributed by atoms with E-state index in [1.165, 1.54) is 0 Å². The molecule has 0 aliphatic heterocycles. The van der Waals surface area contributed by atoms with Crippen LogP contribution in [0.2, 0.25) is 0 Å². The number of para-hydroxylation sites is 1. The first-order valence-corrected chi connectivity index (χ1v) is 11.1. The van der Waals surface area contributed by atoms with Gasteiger partial charge in [-0.15, -0.1) is 24.0 Å². The number of likely N-dealkylation sites (N-methyl/N-ethyl adjacent to an activating group) is 1. The molecular formula is C23H42IN5O3. The van der Waals surface area contributed by atoms with Crippen LogP contribution in [0.5, 0.6) is 5.75 Å². The second-order valence-corrected chi connectivity index (χ2v) is 8.12. The van der Waals surface area contributed by atoms with E-state index in [-0.39, 0.29) is 24.0 Å². The van der Waals surface area contributed by atoms with Gasteiger partial charge in [0.1, 0.15) is 18.0 Å². The van der Waals surface area contributed by atoms with Crippen LogP contribution in [0.15, 0.2) is 29.3 Å². The number of nitrogens with zero attached hydrogens (tertiary/aromatic N) is 2. The molecule has 0 saturated heterocycles. The van der Waals surface area contributed by atoms with E-state index in [1.807, 2.05) is 39.0 Å². The van der Waals surface area contributed by atoms with Gasteiger partial charge in [-0.2, -0.15) is 0 Å². The third kappa shape index (κ3) is 13.6. The van der Waals surface area contributed by atoms with Crippen molar-refractivity contribution in [2.45, 2.75) is 53.2 Å². The third-order valence-electron chi connectivity index (χ3n) is 4.52. The van der Waals surface area contributed by atoms with Crippen molar-refractivity contribution < 1.29 is 14.3 Å².